The van der Waals surface area contributed by atoms with E-state index in [1.807, 2.05) is 42.5 Å². The van der Waals surface area contributed by atoms with Crippen LogP contribution in [0.1, 0.15) is 25.3 Å². The topological polar surface area (TPSA) is 83.6 Å². The highest BCUT2D eigenvalue weighted by molar-refractivity contribution is 6.07. The van der Waals surface area contributed by atoms with Gasteiger partial charge in [0, 0.05) is 0 Å². The summed E-state index contributed by atoms with van der Waals surface area (Å²) in [6.45, 7) is 1.09. The van der Waals surface area contributed by atoms with Crippen LogP contribution in [0.5, 0.6) is 0 Å². The number of carbonyl (C=O) groups excluding carboxylic acids is 4. The van der Waals surface area contributed by atoms with E-state index in [2.05, 4.69) is 5.32 Å². The molecule has 2 aliphatic rings. The molecule has 6 nitrogen and oxygen atoms in total. The molecule has 0 saturated carbocycles. The Hall–Kier alpha value is -2.76. The number of benzene rings is 1. The molecule has 1 aliphatic heterocycles. The molecular weight excluding hydrogens is 332 g/mol. The van der Waals surface area contributed by atoms with Gasteiger partial charge in [-0.1, -0.05) is 42.5 Å². The number of fused-ring (bicyclic) bond motifs is 1. The Morgan fingerprint density at radius 1 is 1.08 bits per heavy atom. The molecular formula is C20H22N2O4. The summed E-state index contributed by atoms with van der Waals surface area (Å²) in [4.78, 5) is 50.1. The van der Waals surface area contributed by atoms with Crippen molar-refractivity contribution in [1.29, 1.82) is 0 Å². The van der Waals surface area contributed by atoms with Gasteiger partial charge in [-0.15, -0.1) is 0 Å². The number of nitrogens with zero attached hydrogens (tertiary/aromatic N) is 1. The third kappa shape index (κ3) is 3.74. The molecule has 1 heterocycles. The first kappa shape index (κ1) is 18.0. The second-order valence-electron chi connectivity index (χ2n) is 6.84. The summed E-state index contributed by atoms with van der Waals surface area (Å²) in [7, 11) is 0. The van der Waals surface area contributed by atoms with Crippen molar-refractivity contribution < 1.29 is 19.2 Å². The second-order valence-corrected chi connectivity index (χ2v) is 6.84. The number of ketones is 1. The summed E-state index contributed by atoms with van der Waals surface area (Å²) in [6.07, 6.45) is 5.26. The smallest absolute Gasteiger partial charge is 0.240 e. The molecule has 0 spiro atoms. The predicted molar refractivity (Wildman–Crippen MR) is 94.8 cm³/mol. The lowest BCUT2D eigenvalue weighted by atomic mass is 9.85. The van der Waals surface area contributed by atoms with Crippen LogP contribution in [0.4, 0.5) is 0 Å². The molecule has 1 aromatic carbocycles. The highest BCUT2D eigenvalue weighted by atomic mass is 16.2. The van der Waals surface area contributed by atoms with Crippen LogP contribution in [-0.2, 0) is 25.6 Å². The molecule has 3 atom stereocenters. The van der Waals surface area contributed by atoms with Crippen molar-refractivity contribution in [2.24, 2.45) is 11.8 Å². The molecule has 3 amide bonds. The largest absolute Gasteiger partial charge is 0.344 e. The average Bonchev–Trinajstić information content (AvgIpc) is 2.87. The summed E-state index contributed by atoms with van der Waals surface area (Å²) >= 11 is 0. The third-order valence-corrected chi connectivity index (χ3v) is 5.01. The van der Waals surface area contributed by atoms with Crippen molar-refractivity contribution in [3.05, 3.63) is 48.0 Å². The quantitative estimate of drug-likeness (QED) is 0.616. The van der Waals surface area contributed by atoms with Crippen LogP contribution < -0.4 is 5.32 Å². The maximum Gasteiger partial charge on any atom is 0.240 e. The zero-order chi connectivity index (χ0) is 18.7. The van der Waals surface area contributed by atoms with Crippen LogP contribution in [0.25, 0.3) is 0 Å². The van der Waals surface area contributed by atoms with Crippen molar-refractivity contribution in [2.45, 2.75) is 32.2 Å². The van der Waals surface area contributed by atoms with Gasteiger partial charge in [0.1, 0.15) is 6.54 Å². The molecule has 3 rings (SSSR count). The maximum atomic E-state index is 12.4. The Kier molecular flexibility index (Phi) is 5.30. The van der Waals surface area contributed by atoms with Crippen molar-refractivity contribution in [2.75, 3.05) is 6.54 Å². The fraction of sp³-hybridized carbons (Fsp3) is 0.400. The summed E-state index contributed by atoms with van der Waals surface area (Å²) in [6, 6.07) is 8.70. The van der Waals surface area contributed by atoms with Crippen LogP contribution in [-0.4, -0.2) is 41.0 Å². The van der Waals surface area contributed by atoms with Crippen molar-refractivity contribution >= 4 is 23.5 Å². The minimum absolute atomic E-state index is 0.167. The number of allylic oxidation sites excluding steroid dienone is 2. The van der Waals surface area contributed by atoms with E-state index in [1.165, 1.54) is 6.92 Å². The van der Waals surface area contributed by atoms with Gasteiger partial charge in [-0.05, 0) is 31.7 Å². The Morgan fingerprint density at radius 3 is 2.19 bits per heavy atom. The summed E-state index contributed by atoms with van der Waals surface area (Å²) < 4.78 is 0. The Labute approximate surface area is 152 Å². The van der Waals surface area contributed by atoms with Crippen LogP contribution in [0, 0.1) is 11.8 Å². The lowest BCUT2D eigenvalue weighted by molar-refractivity contribution is -0.143. The molecule has 136 valence electrons. The lowest BCUT2D eigenvalue weighted by Crippen LogP contribution is -2.47. The van der Waals surface area contributed by atoms with Gasteiger partial charge in [-0.25, -0.2) is 0 Å². The normalized spacial score (nSPS) is 22.9. The number of rotatable bonds is 6. The number of imide groups is 1. The fourth-order valence-corrected chi connectivity index (χ4v) is 3.55. The number of Topliss-reactive ketones (excluding diaryl/α,β-unsaturated/α-hetero) is 1. The van der Waals surface area contributed by atoms with Gasteiger partial charge in [0.05, 0.1) is 17.9 Å². The van der Waals surface area contributed by atoms with Gasteiger partial charge in [-0.3, -0.25) is 24.1 Å². The molecule has 1 aromatic rings. The lowest BCUT2D eigenvalue weighted by Gasteiger charge is -2.19. The van der Waals surface area contributed by atoms with E-state index < -0.39 is 11.9 Å². The van der Waals surface area contributed by atoms with Crippen LogP contribution in [0.3, 0.4) is 0 Å². The SMILES string of the molecule is CC(=O)[C@H](Cc1ccccc1)NC(=O)CN1C(=O)[C@H]2CC=CC[C@H]2C1=O. The van der Waals surface area contributed by atoms with Gasteiger partial charge in [0.25, 0.3) is 0 Å². The van der Waals surface area contributed by atoms with Crippen molar-refractivity contribution in [3.8, 4) is 0 Å². The zero-order valence-electron chi connectivity index (χ0n) is 14.7. The monoisotopic (exact) mass is 354 g/mol. The van der Waals surface area contributed by atoms with Crippen LogP contribution in [0.15, 0.2) is 42.5 Å². The van der Waals surface area contributed by atoms with E-state index in [-0.39, 0.29) is 36.0 Å². The summed E-state index contributed by atoms with van der Waals surface area (Å²) in [5.41, 5.74) is 0.929. The number of nitrogens with one attached hydrogen (secondary N) is 1. The highest BCUT2D eigenvalue weighted by Crippen LogP contribution is 2.34. The van der Waals surface area contributed by atoms with E-state index in [4.69, 9.17) is 0 Å². The Balaban J connectivity index is 1.63. The maximum absolute atomic E-state index is 12.4. The number of likely N-dealkylation sites (tertiary alicyclic amines) is 1. The van der Waals surface area contributed by atoms with Gasteiger partial charge < -0.3 is 5.32 Å². The average molecular weight is 354 g/mol. The van der Waals surface area contributed by atoms with E-state index in [1.54, 1.807) is 0 Å². The van der Waals surface area contributed by atoms with Crippen LogP contribution >= 0.6 is 0 Å². The van der Waals surface area contributed by atoms with Crippen molar-refractivity contribution in [1.82, 2.24) is 10.2 Å². The first-order valence-electron chi connectivity index (χ1n) is 8.81. The highest BCUT2D eigenvalue weighted by Gasteiger charge is 2.47. The van der Waals surface area contributed by atoms with E-state index >= 15 is 0 Å². The number of carbonyl (C=O) groups is 4. The zero-order valence-corrected chi connectivity index (χ0v) is 14.7. The first-order valence-corrected chi connectivity index (χ1v) is 8.81. The van der Waals surface area contributed by atoms with E-state index in [0.717, 1.165) is 10.5 Å². The first-order chi connectivity index (χ1) is 12.5. The van der Waals surface area contributed by atoms with Gasteiger partial charge in [-0.2, -0.15) is 0 Å². The Morgan fingerprint density at radius 2 is 1.65 bits per heavy atom. The minimum Gasteiger partial charge on any atom is -0.344 e. The summed E-state index contributed by atoms with van der Waals surface area (Å²) in [5, 5.41) is 2.66. The molecule has 0 bridgehead atoms. The van der Waals surface area contributed by atoms with E-state index in [9.17, 15) is 19.2 Å². The molecule has 26 heavy (non-hydrogen) atoms. The van der Waals surface area contributed by atoms with Gasteiger partial charge >= 0.3 is 0 Å². The molecule has 1 saturated heterocycles. The van der Waals surface area contributed by atoms with Gasteiger partial charge in [0.15, 0.2) is 5.78 Å². The number of hydrogen-bond donors (Lipinski definition) is 1. The molecule has 0 unspecified atom stereocenters. The standard InChI is InChI=1S/C20H22N2O4/c1-13(23)17(11-14-7-3-2-4-8-14)21-18(24)12-22-19(25)15-9-5-6-10-16(15)20(22)26/h2-8,15-17H,9-12H2,1H3,(H,21,24)/t15-,16+,17-/m0/s1. The minimum atomic E-state index is -0.679. The van der Waals surface area contributed by atoms with E-state index in [0.29, 0.717) is 19.3 Å². The van der Waals surface area contributed by atoms with Crippen molar-refractivity contribution in [3.63, 3.8) is 0 Å². The molecule has 1 N–H and O–H groups in total. The molecule has 1 fully saturated rings. The molecule has 0 radical (unpaired) electrons. The molecule has 1 aliphatic carbocycles. The number of hydrogen-bond acceptors (Lipinski definition) is 4. The van der Waals surface area contributed by atoms with Gasteiger partial charge in [0.2, 0.25) is 17.7 Å². The predicted octanol–water partition coefficient (Wildman–Crippen LogP) is 1.25. The molecule has 0 aromatic heterocycles. The molecule has 6 heteroatoms. The second kappa shape index (κ2) is 7.64. The summed E-state index contributed by atoms with van der Waals surface area (Å²) in [5.74, 6) is -1.95. The fourth-order valence-electron chi connectivity index (χ4n) is 3.55. The Bertz CT molecular complexity index is 730. The van der Waals surface area contributed by atoms with Crippen LogP contribution in [0.2, 0.25) is 0 Å². The third-order valence-electron chi connectivity index (χ3n) is 5.01. The number of amides is 3.